The van der Waals surface area contributed by atoms with E-state index in [0.717, 1.165) is 12.0 Å². The lowest BCUT2D eigenvalue weighted by Gasteiger charge is -2.12. The number of benzene rings is 2. The quantitative estimate of drug-likeness (QED) is 0.940. The van der Waals surface area contributed by atoms with Gasteiger partial charge in [0, 0.05) is 11.4 Å². The summed E-state index contributed by atoms with van der Waals surface area (Å²) in [5.41, 5.74) is 2.07. The van der Waals surface area contributed by atoms with Gasteiger partial charge in [-0.15, -0.1) is 0 Å². The maximum absolute atomic E-state index is 12.3. The zero-order valence-corrected chi connectivity index (χ0v) is 12.7. The van der Waals surface area contributed by atoms with E-state index < -0.39 is 10.0 Å². The van der Waals surface area contributed by atoms with E-state index in [-0.39, 0.29) is 5.75 Å². The number of anilines is 1. The Morgan fingerprint density at radius 3 is 2.76 bits per heavy atom. The zero-order valence-electron chi connectivity index (χ0n) is 11.2. The van der Waals surface area contributed by atoms with Gasteiger partial charge in [0.25, 0.3) is 0 Å². The molecule has 0 fully saturated rings. The molecule has 1 heterocycles. The van der Waals surface area contributed by atoms with Crippen LogP contribution in [0.25, 0.3) is 0 Å². The predicted octanol–water partition coefficient (Wildman–Crippen LogP) is 3.22. The maximum atomic E-state index is 12.3. The second-order valence-corrected chi connectivity index (χ2v) is 6.97. The van der Waals surface area contributed by atoms with Crippen LogP contribution in [0.4, 0.5) is 5.69 Å². The minimum atomic E-state index is -3.55. The Bertz CT molecular complexity index is 774. The number of hydrogen-bond donors (Lipinski definition) is 1. The van der Waals surface area contributed by atoms with Crippen molar-refractivity contribution in [1.29, 1.82) is 0 Å². The molecule has 110 valence electrons. The van der Waals surface area contributed by atoms with Gasteiger partial charge in [0.15, 0.2) is 0 Å². The number of rotatable bonds is 4. The molecule has 1 aliphatic rings. The van der Waals surface area contributed by atoms with E-state index in [4.69, 9.17) is 16.3 Å². The molecule has 3 rings (SSSR count). The number of ether oxygens (including phenoxy) is 1. The van der Waals surface area contributed by atoms with Gasteiger partial charge in [0.2, 0.25) is 10.0 Å². The number of halogens is 1. The van der Waals surface area contributed by atoms with Crippen LogP contribution in [0.1, 0.15) is 11.1 Å². The number of fused-ring (bicyclic) bond motifs is 1. The number of sulfonamides is 1. The molecule has 2 aromatic carbocycles. The molecule has 0 saturated heterocycles. The molecule has 0 atom stereocenters. The van der Waals surface area contributed by atoms with E-state index in [1.807, 2.05) is 12.1 Å². The van der Waals surface area contributed by atoms with Crippen molar-refractivity contribution in [3.8, 4) is 5.75 Å². The molecule has 0 amide bonds. The minimum Gasteiger partial charge on any atom is -0.491 e. The molecule has 6 heteroatoms. The third-order valence-corrected chi connectivity index (χ3v) is 4.87. The van der Waals surface area contributed by atoms with Crippen LogP contribution in [0.15, 0.2) is 42.5 Å². The van der Waals surface area contributed by atoms with Gasteiger partial charge in [0.1, 0.15) is 5.75 Å². The van der Waals surface area contributed by atoms with Crippen molar-refractivity contribution in [3.63, 3.8) is 0 Å². The fourth-order valence-electron chi connectivity index (χ4n) is 2.32. The average molecular weight is 324 g/mol. The van der Waals surface area contributed by atoms with Crippen molar-refractivity contribution in [2.75, 3.05) is 11.3 Å². The highest BCUT2D eigenvalue weighted by molar-refractivity contribution is 7.91. The molecule has 1 aliphatic heterocycles. The standard InChI is InChI=1S/C15H14ClNO3S/c16-13-6-2-1-4-12(13)10-21(18,19)17-14-7-3-5-11-8-9-20-15(11)14/h1-7,17H,8-10H2. The first-order valence-electron chi connectivity index (χ1n) is 6.54. The largest absolute Gasteiger partial charge is 0.491 e. The van der Waals surface area contributed by atoms with Crippen molar-refractivity contribution in [3.05, 3.63) is 58.6 Å². The van der Waals surface area contributed by atoms with Crippen LogP contribution in [0.2, 0.25) is 5.02 Å². The summed E-state index contributed by atoms with van der Waals surface area (Å²) in [5.74, 6) is 0.455. The smallest absolute Gasteiger partial charge is 0.237 e. The highest BCUT2D eigenvalue weighted by atomic mass is 35.5. The van der Waals surface area contributed by atoms with E-state index in [1.54, 1.807) is 30.3 Å². The van der Waals surface area contributed by atoms with Gasteiger partial charge >= 0.3 is 0 Å². The van der Waals surface area contributed by atoms with Crippen LogP contribution < -0.4 is 9.46 Å². The molecule has 0 radical (unpaired) electrons. The highest BCUT2D eigenvalue weighted by Crippen LogP contribution is 2.34. The van der Waals surface area contributed by atoms with Crippen molar-refractivity contribution in [1.82, 2.24) is 0 Å². The molecular formula is C15H14ClNO3S. The summed E-state index contributed by atoms with van der Waals surface area (Å²) in [6, 6.07) is 12.4. The molecule has 1 N–H and O–H groups in total. The average Bonchev–Trinajstić information content (AvgIpc) is 2.90. The first-order valence-corrected chi connectivity index (χ1v) is 8.57. The summed E-state index contributed by atoms with van der Waals surface area (Å²) in [6.07, 6.45) is 0.801. The number of para-hydroxylation sites is 1. The molecule has 0 unspecified atom stereocenters. The fraction of sp³-hybridized carbons (Fsp3) is 0.200. The van der Waals surface area contributed by atoms with Gasteiger partial charge in [0.05, 0.1) is 18.0 Å². The number of hydrogen-bond acceptors (Lipinski definition) is 3. The van der Waals surface area contributed by atoms with E-state index >= 15 is 0 Å². The molecule has 0 bridgehead atoms. The second-order valence-electron chi connectivity index (χ2n) is 4.84. The van der Waals surface area contributed by atoms with Crippen molar-refractivity contribution in [2.45, 2.75) is 12.2 Å². The van der Waals surface area contributed by atoms with Crippen molar-refractivity contribution in [2.24, 2.45) is 0 Å². The highest BCUT2D eigenvalue weighted by Gasteiger charge is 2.20. The van der Waals surface area contributed by atoms with Gasteiger partial charge in [-0.2, -0.15) is 0 Å². The van der Waals surface area contributed by atoms with Crippen LogP contribution in [0.5, 0.6) is 5.75 Å². The molecule has 0 aliphatic carbocycles. The van der Waals surface area contributed by atoms with E-state index in [0.29, 0.717) is 28.6 Å². The lowest BCUT2D eigenvalue weighted by molar-refractivity contribution is 0.358. The summed E-state index contributed by atoms with van der Waals surface area (Å²) in [6.45, 7) is 0.582. The summed E-state index contributed by atoms with van der Waals surface area (Å²) in [4.78, 5) is 0. The van der Waals surface area contributed by atoms with Gasteiger partial charge < -0.3 is 4.74 Å². The van der Waals surface area contributed by atoms with Crippen LogP contribution in [-0.4, -0.2) is 15.0 Å². The van der Waals surface area contributed by atoms with E-state index in [1.165, 1.54) is 0 Å². The van der Waals surface area contributed by atoms with Crippen molar-refractivity contribution < 1.29 is 13.2 Å². The lowest BCUT2D eigenvalue weighted by Crippen LogP contribution is -2.15. The molecular weight excluding hydrogens is 310 g/mol. The fourth-order valence-corrected chi connectivity index (χ4v) is 3.83. The SMILES string of the molecule is O=S(=O)(Cc1ccccc1Cl)Nc1cccc2c1OCC2. The lowest BCUT2D eigenvalue weighted by atomic mass is 10.1. The Labute approximate surface area is 128 Å². The number of nitrogens with one attached hydrogen (secondary N) is 1. The van der Waals surface area contributed by atoms with Crippen LogP contribution >= 0.6 is 11.6 Å². The normalized spacial score (nSPS) is 13.6. The molecule has 21 heavy (non-hydrogen) atoms. The molecule has 0 spiro atoms. The Morgan fingerprint density at radius 1 is 1.14 bits per heavy atom. The van der Waals surface area contributed by atoms with Crippen molar-refractivity contribution >= 4 is 27.3 Å². The van der Waals surface area contributed by atoms with Gasteiger partial charge in [-0.25, -0.2) is 8.42 Å². The summed E-state index contributed by atoms with van der Waals surface area (Å²) < 4.78 is 32.7. The Morgan fingerprint density at radius 2 is 1.95 bits per heavy atom. The monoisotopic (exact) mass is 323 g/mol. The third kappa shape index (κ3) is 3.14. The Kier molecular flexibility index (Phi) is 3.78. The first-order chi connectivity index (χ1) is 10.1. The van der Waals surface area contributed by atoms with Gasteiger partial charge in [-0.1, -0.05) is 41.9 Å². The topological polar surface area (TPSA) is 55.4 Å². The molecule has 0 aromatic heterocycles. The summed E-state index contributed by atoms with van der Waals surface area (Å²) in [7, 11) is -3.55. The second kappa shape index (κ2) is 5.58. The molecule has 2 aromatic rings. The van der Waals surface area contributed by atoms with E-state index in [2.05, 4.69) is 4.72 Å². The summed E-state index contributed by atoms with van der Waals surface area (Å²) >= 11 is 6.01. The third-order valence-electron chi connectivity index (χ3n) is 3.28. The zero-order chi connectivity index (χ0) is 14.9. The maximum Gasteiger partial charge on any atom is 0.237 e. The molecule has 0 saturated carbocycles. The van der Waals surface area contributed by atoms with Gasteiger partial charge in [-0.3, -0.25) is 4.72 Å². The molecule has 4 nitrogen and oxygen atoms in total. The van der Waals surface area contributed by atoms with E-state index in [9.17, 15) is 8.42 Å². The minimum absolute atomic E-state index is 0.170. The van der Waals surface area contributed by atoms with Crippen LogP contribution in [0.3, 0.4) is 0 Å². The first kappa shape index (κ1) is 14.2. The van der Waals surface area contributed by atoms with Crippen LogP contribution in [0, 0.1) is 0 Å². The summed E-state index contributed by atoms with van der Waals surface area (Å²) in [5, 5.41) is 0.442. The van der Waals surface area contributed by atoms with Gasteiger partial charge in [-0.05, 0) is 23.3 Å². The Hall–Kier alpha value is -1.72. The Balaban J connectivity index is 1.84. The predicted molar refractivity (Wildman–Crippen MR) is 83.3 cm³/mol. The van der Waals surface area contributed by atoms with Crippen LogP contribution in [-0.2, 0) is 22.2 Å².